The van der Waals surface area contributed by atoms with Gasteiger partial charge in [0, 0.05) is 31.0 Å². The molecule has 8 heteroatoms. The van der Waals surface area contributed by atoms with Crippen molar-refractivity contribution < 1.29 is 28.2 Å². The van der Waals surface area contributed by atoms with Crippen molar-refractivity contribution in [3.05, 3.63) is 53.8 Å². The van der Waals surface area contributed by atoms with E-state index in [-0.39, 0.29) is 36.2 Å². The maximum absolute atomic E-state index is 13.0. The number of methoxy groups -OCH3 is 1. The lowest BCUT2D eigenvalue weighted by atomic mass is 9.98. The summed E-state index contributed by atoms with van der Waals surface area (Å²) in [7, 11) is 1.59. The molecular weight excluding hydrogens is 403 g/mol. The number of nitrogens with zero attached hydrogens (tertiary/aromatic N) is 1. The van der Waals surface area contributed by atoms with Crippen LogP contribution in [0.4, 0.5) is 10.1 Å². The first-order valence-corrected chi connectivity index (χ1v) is 10.3. The molecule has 2 aromatic rings. The van der Waals surface area contributed by atoms with Gasteiger partial charge in [-0.15, -0.1) is 0 Å². The van der Waals surface area contributed by atoms with Crippen LogP contribution in [0.15, 0.2) is 42.5 Å². The maximum Gasteiger partial charge on any atom is 0.243 e. The molecule has 4 rings (SSSR count). The third-order valence-electron chi connectivity index (χ3n) is 5.52. The number of rotatable bonds is 7. The third kappa shape index (κ3) is 5.14. The first-order chi connectivity index (χ1) is 15.0. The highest BCUT2D eigenvalue weighted by Gasteiger charge is 2.32. The third-order valence-corrected chi connectivity index (χ3v) is 5.52. The van der Waals surface area contributed by atoms with E-state index in [1.165, 1.54) is 24.3 Å². The molecule has 2 atom stereocenters. The van der Waals surface area contributed by atoms with Gasteiger partial charge >= 0.3 is 0 Å². The molecule has 0 aliphatic carbocycles. The van der Waals surface area contributed by atoms with E-state index >= 15 is 0 Å². The molecule has 7 nitrogen and oxygen atoms in total. The molecule has 164 valence electrons. The minimum Gasteiger partial charge on any atom is -0.493 e. The lowest BCUT2D eigenvalue weighted by Crippen LogP contribution is -2.34. The van der Waals surface area contributed by atoms with Crippen LogP contribution in [0.2, 0.25) is 0 Å². The summed E-state index contributed by atoms with van der Waals surface area (Å²) in [4.78, 5) is 26.4. The standard InChI is InChI=1S/C23H25FN2O5/c1-29-20-7-2-15(10-21(20)31-19-8-9-30-14-19)16-11-23(28)26(12-16)13-22(27)25-18-5-3-17(24)4-6-18/h2-7,10,16,19H,8-9,11-14H2,1H3,(H,25,27)/t16-,19-/m1/s1. The second-order valence-electron chi connectivity index (χ2n) is 7.74. The molecule has 2 aliphatic heterocycles. The number of hydrogen-bond donors (Lipinski definition) is 1. The zero-order chi connectivity index (χ0) is 21.8. The van der Waals surface area contributed by atoms with E-state index in [2.05, 4.69) is 5.32 Å². The Morgan fingerprint density at radius 3 is 2.74 bits per heavy atom. The van der Waals surface area contributed by atoms with Gasteiger partial charge in [-0.05, 0) is 42.0 Å². The summed E-state index contributed by atoms with van der Waals surface area (Å²) in [5, 5.41) is 2.69. The minimum absolute atomic E-state index is 0.0129. The molecule has 2 saturated heterocycles. The SMILES string of the molecule is COc1ccc([C@@H]2CC(=O)N(CC(=O)Nc3ccc(F)cc3)C2)cc1O[C@@H]1CCOC1. The molecule has 0 unspecified atom stereocenters. The van der Waals surface area contributed by atoms with Gasteiger partial charge in [0.1, 0.15) is 11.9 Å². The summed E-state index contributed by atoms with van der Waals surface area (Å²) in [5.41, 5.74) is 1.45. The number of amides is 2. The van der Waals surface area contributed by atoms with Gasteiger partial charge < -0.3 is 24.4 Å². The van der Waals surface area contributed by atoms with Crippen LogP contribution in [0.3, 0.4) is 0 Å². The largest absolute Gasteiger partial charge is 0.493 e. The smallest absolute Gasteiger partial charge is 0.243 e. The predicted octanol–water partition coefficient (Wildman–Crippen LogP) is 2.96. The van der Waals surface area contributed by atoms with Crippen LogP contribution in [0.1, 0.15) is 24.3 Å². The monoisotopic (exact) mass is 428 g/mol. The Labute approximate surface area is 180 Å². The second kappa shape index (κ2) is 9.34. The van der Waals surface area contributed by atoms with Crippen LogP contribution >= 0.6 is 0 Å². The highest BCUT2D eigenvalue weighted by Crippen LogP contribution is 2.36. The van der Waals surface area contributed by atoms with Crippen molar-refractivity contribution in [2.24, 2.45) is 0 Å². The zero-order valence-electron chi connectivity index (χ0n) is 17.3. The van der Waals surface area contributed by atoms with Crippen LogP contribution in [-0.4, -0.2) is 56.2 Å². The fourth-order valence-corrected chi connectivity index (χ4v) is 3.88. The highest BCUT2D eigenvalue weighted by molar-refractivity contribution is 5.95. The van der Waals surface area contributed by atoms with Gasteiger partial charge in [0.15, 0.2) is 11.5 Å². The van der Waals surface area contributed by atoms with Gasteiger partial charge in [-0.3, -0.25) is 9.59 Å². The molecule has 0 aromatic heterocycles. The van der Waals surface area contributed by atoms with E-state index in [9.17, 15) is 14.0 Å². The van der Waals surface area contributed by atoms with Crippen LogP contribution in [-0.2, 0) is 14.3 Å². The first kappa shape index (κ1) is 21.1. The van der Waals surface area contributed by atoms with Gasteiger partial charge in [-0.25, -0.2) is 4.39 Å². The van der Waals surface area contributed by atoms with E-state index in [1.54, 1.807) is 12.0 Å². The Morgan fingerprint density at radius 1 is 1.23 bits per heavy atom. The molecule has 2 aliphatic rings. The maximum atomic E-state index is 13.0. The van der Waals surface area contributed by atoms with Crippen molar-refractivity contribution in [3.63, 3.8) is 0 Å². The predicted molar refractivity (Wildman–Crippen MR) is 112 cm³/mol. The van der Waals surface area contributed by atoms with Gasteiger partial charge in [0.25, 0.3) is 0 Å². The molecule has 2 heterocycles. The molecule has 0 saturated carbocycles. The number of benzene rings is 2. The Kier molecular flexibility index (Phi) is 6.36. The van der Waals surface area contributed by atoms with Crippen molar-refractivity contribution in [2.45, 2.75) is 24.9 Å². The first-order valence-electron chi connectivity index (χ1n) is 10.3. The average molecular weight is 428 g/mol. The molecule has 2 aromatic carbocycles. The number of carbonyl (C=O) groups is 2. The Bertz CT molecular complexity index is 943. The van der Waals surface area contributed by atoms with Gasteiger partial charge in [0.2, 0.25) is 11.8 Å². The Hall–Kier alpha value is -3.13. The summed E-state index contributed by atoms with van der Waals surface area (Å²) in [6.07, 6.45) is 1.13. The average Bonchev–Trinajstić information content (AvgIpc) is 3.40. The van der Waals surface area contributed by atoms with Crippen molar-refractivity contribution in [2.75, 3.05) is 38.7 Å². The summed E-state index contributed by atoms with van der Waals surface area (Å²) >= 11 is 0. The van der Waals surface area contributed by atoms with Crippen molar-refractivity contribution in [1.29, 1.82) is 0 Å². The second-order valence-corrected chi connectivity index (χ2v) is 7.74. The van der Waals surface area contributed by atoms with E-state index in [4.69, 9.17) is 14.2 Å². The molecule has 2 amide bonds. The van der Waals surface area contributed by atoms with Crippen LogP contribution in [0, 0.1) is 5.82 Å². The normalized spacial score (nSPS) is 20.7. The number of nitrogens with one attached hydrogen (secondary N) is 1. The van der Waals surface area contributed by atoms with Crippen molar-refractivity contribution in [1.82, 2.24) is 4.90 Å². The molecule has 0 spiro atoms. The summed E-state index contributed by atoms with van der Waals surface area (Å²) in [5.74, 6) is 0.450. The van der Waals surface area contributed by atoms with Crippen molar-refractivity contribution in [3.8, 4) is 11.5 Å². The van der Waals surface area contributed by atoms with Crippen LogP contribution in [0.25, 0.3) is 0 Å². The summed E-state index contributed by atoms with van der Waals surface area (Å²) in [6.45, 7) is 1.62. The van der Waals surface area contributed by atoms with Gasteiger partial charge in [0.05, 0.1) is 26.9 Å². The number of carbonyl (C=O) groups excluding carboxylic acids is 2. The molecule has 31 heavy (non-hydrogen) atoms. The van der Waals surface area contributed by atoms with E-state index in [0.29, 0.717) is 43.4 Å². The van der Waals surface area contributed by atoms with Gasteiger partial charge in [-0.2, -0.15) is 0 Å². The molecule has 1 N–H and O–H groups in total. The van der Waals surface area contributed by atoms with E-state index in [1.807, 2.05) is 18.2 Å². The fraction of sp³-hybridized carbons (Fsp3) is 0.391. The lowest BCUT2D eigenvalue weighted by molar-refractivity contribution is -0.131. The van der Waals surface area contributed by atoms with Crippen LogP contribution < -0.4 is 14.8 Å². The van der Waals surface area contributed by atoms with E-state index in [0.717, 1.165) is 12.0 Å². The van der Waals surface area contributed by atoms with E-state index < -0.39 is 0 Å². The molecule has 0 radical (unpaired) electrons. The fourth-order valence-electron chi connectivity index (χ4n) is 3.88. The van der Waals surface area contributed by atoms with Crippen LogP contribution in [0.5, 0.6) is 11.5 Å². The summed E-state index contributed by atoms with van der Waals surface area (Å²) in [6, 6.07) is 11.2. The summed E-state index contributed by atoms with van der Waals surface area (Å²) < 4.78 is 29.8. The topological polar surface area (TPSA) is 77.1 Å². The number of anilines is 1. The Morgan fingerprint density at radius 2 is 2.03 bits per heavy atom. The molecule has 0 bridgehead atoms. The minimum atomic E-state index is -0.376. The Balaban J connectivity index is 1.40. The number of hydrogen-bond acceptors (Lipinski definition) is 5. The quantitative estimate of drug-likeness (QED) is 0.734. The molecule has 2 fully saturated rings. The lowest BCUT2D eigenvalue weighted by Gasteiger charge is -2.19. The molecular formula is C23H25FN2O5. The van der Waals surface area contributed by atoms with Gasteiger partial charge in [-0.1, -0.05) is 6.07 Å². The number of likely N-dealkylation sites (tertiary alicyclic amines) is 1. The number of ether oxygens (including phenoxy) is 3. The zero-order valence-corrected chi connectivity index (χ0v) is 17.3. The highest BCUT2D eigenvalue weighted by atomic mass is 19.1. The number of halogens is 1. The van der Waals surface area contributed by atoms with Crippen molar-refractivity contribution >= 4 is 17.5 Å².